The van der Waals surface area contributed by atoms with E-state index in [0.717, 1.165) is 45.8 Å². The van der Waals surface area contributed by atoms with E-state index in [1.807, 2.05) is 14.2 Å². The lowest BCUT2D eigenvalue weighted by molar-refractivity contribution is -0.0172. The first-order valence-corrected chi connectivity index (χ1v) is 14.8. The van der Waals surface area contributed by atoms with E-state index in [1.165, 1.54) is 80.6 Å². The third-order valence-corrected chi connectivity index (χ3v) is 11.3. The fourth-order valence-electron chi connectivity index (χ4n) is 10.4. The summed E-state index contributed by atoms with van der Waals surface area (Å²) in [6, 6.07) is 0. The molecule has 5 unspecified atom stereocenters. The van der Waals surface area contributed by atoms with Crippen molar-refractivity contribution in [3.63, 3.8) is 0 Å². The van der Waals surface area contributed by atoms with Gasteiger partial charge in [-0.1, -0.05) is 30.4 Å². The number of methoxy groups -OCH3 is 2. The third kappa shape index (κ3) is 2.46. The maximum Gasteiger partial charge on any atom is 0.123 e. The van der Waals surface area contributed by atoms with Crippen LogP contribution in [-0.4, -0.2) is 57.6 Å². The van der Waals surface area contributed by atoms with Gasteiger partial charge in [-0.25, -0.2) is 0 Å². The molecule has 2 saturated heterocycles. The molecule has 5 atom stereocenters. The summed E-state index contributed by atoms with van der Waals surface area (Å²) in [6.07, 6.45) is 13.7. The second-order valence-electron chi connectivity index (χ2n) is 12.4. The summed E-state index contributed by atoms with van der Waals surface area (Å²) in [4.78, 5) is 2.61. The molecule has 2 heterocycles. The molecule has 2 aliphatic heterocycles. The molecule has 194 valence electrons. The van der Waals surface area contributed by atoms with Gasteiger partial charge in [0.1, 0.15) is 17.1 Å². The fourth-order valence-corrected chi connectivity index (χ4v) is 10.4. The van der Waals surface area contributed by atoms with E-state index in [1.54, 1.807) is 22.3 Å². The Balaban J connectivity index is 1.38. The summed E-state index contributed by atoms with van der Waals surface area (Å²) in [5.74, 6) is 3.89. The molecule has 0 aromatic heterocycles. The van der Waals surface area contributed by atoms with Gasteiger partial charge in [0.05, 0.1) is 32.6 Å². The first-order valence-electron chi connectivity index (χ1n) is 14.8. The Morgan fingerprint density at radius 3 is 2.56 bits per heavy atom. The van der Waals surface area contributed by atoms with Gasteiger partial charge in [-0.05, 0) is 56.1 Å². The Kier molecular flexibility index (Phi) is 4.89. The summed E-state index contributed by atoms with van der Waals surface area (Å²) in [5, 5.41) is 0. The number of allylic oxidation sites excluding steroid dienone is 3. The van der Waals surface area contributed by atoms with Crippen LogP contribution in [0.3, 0.4) is 0 Å². The molecule has 8 rings (SSSR count). The third-order valence-electron chi connectivity index (χ3n) is 11.3. The number of hydrogen-bond acceptors (Lipinski definition) is 5. The van der Waals surface area contributed by atoms with E-state index in [-0.39, 0.29) is 11.0 Å². The van der Waals surface area contributed by atoms with Gasteiger partial charge in [0.2, 0.25) is 0 Å². The first-order chi connectivity index (χ1) is 17.8. The summed E-state index contributed by atoms with van der Waals surface area (Å²) in [5.41, 5.74) is 9.56. The molecule has 0 amide bonds. The highest BCUT2D eigenvalue weighted by molar-refractivity contribution is 5.74. The van der Waals surface area contributed by atoms with Crippen LogP contribution in [0, 0.1) is 23.2 Å². The highest BCUT2D eigenvalue weighted by Gasteiger charge is 2.76. The Morgan fingerprint density at radius 1 is 0.889 bits per heavy atom. The Hall–Kier alpha value is -1.72. The van der Waals surface area contributed by atoms with Crippen LogP contribution in [0.15, 0.2) is 45.1 Å². The van der Waals surface area contributed by atoms with Gasteiger partial charge in [0, 0.05) is 55.4 Å². The molecule has 5 nitrogen and oxygen atoms in total. The van der Waals surface area contributed by atoms with Crippen LogP contribution in [-0.2, 0) is 18.9 Å². The zero-order valence-electron chi connectivity index (χ0n) is 22.1. The molecule has 0 aromatic carbocycles. The molecular formula is C31H41NO4. The molecule has 0 radical (unpaired) electrons. The van der Waals surface area contributed by atoms with Crippen molar-refractivity contribution in [3.05, 3.63) is 45.1 Å². The SMILES string of the molecule is COC1=C2C(=C3CCCCC31)C13CCCCC1C2(OC)C1=C3CC(N2CCOCC2)=C2OCCCC21. The van der Waals surface area contributed by atoms with Crippen molar-refractivity contribution < 1.29 is 18.9 Å². The molecule has 0 spiro atoms. The summed E-state index contributed by atoms with van der Waals surface area (Å²) in [7, 11) is 3.94. The lowest BCUT2D eigenvalue weighted by Crippen LogP contribution is -2.45. The Bertz CT molecular complexity index is 1120. The summed E-state index contributed by atoms with van der Waals surface area (Å²) in [6.45, 7) is 4.46. The minimum atomic E-state index is -0.325. The molecule has 0 N–H and O–H groups in total. The van der Waals surface area contributed by atoms with E-state index in [0.29, 0.717) is 17.8 Å². The number of morpholine rings is 1. The second kappa shape index (κ2) is 7.89. The molecular weight excluding hydrogens is 450 g/mol. The van der Waals surface area contributed by atoms with Gasteiger partial charge >= 0.3 is 0 Å². The molecule has 8 aliphatic rings. The average molecular weight is 492 g/mol. The average Bonchev–Trinajstić information content (AvgIpc) is 3.52. The quantitative estimate of drug-likeness (QED) is 0.478. The molecule has 6 aliphatic carbocycles. The predicted octanol–water partition coefficient (Wildman–Crippen LogP) is 5.65. The lowest BCUT2D eigenvalue weighted by Gasteiger charge is -2.47. The smallest absolute Gasteiger partial charge is 0.123 e. The second-order valence-corrected chi connectivity index (χ2v) is 12.4. The number of rotatable bonds is 3. The van der Waals surface area contributed by atoms with E-state index >= 15 is 0 Å². The lowest BCUT2D eigenvalue weighted by atomic mass is 9.60. The monoisotopic (exact) mass is 491 g/mol. The molecule has 36 heavy (non-hydrogen) atoms. The van der Waals surface area contributed by atoms with E-state index in [4.69, 9.17) is 18.9 Å². The molecule has 2 bridgehead atoms. The van der Waals surface area contributed by atoms with Crippen LogP contribution in [0.1, 0.15) is 70.6 Å². The number of fused-ring (bicyclic) bond motifs is 6. The summed E-state index contributed by atoms with van der Waals surface area (Å²) < 4.78 is 25.7. The minimum Gasteiger partial charge on any atom is -0.500 e. The zero-order valence-corrected chi connectivity index (χ0v) is 22.1. The van der Waals surface area contributed by atoms with Gasteiger partial charge in [-0.3, -0.25) is 0 Å². The van der Waals surface area contributed by atoms with Crippen molar-refractivity contribution in [2.45, 2.75) is 76.2 Å². The van der Waals surface area contributed by atoms with Crippen molar-refractivity contribution in [1.29, 1.82) is 0 Å². The van der Waals surface area contributed by atoms with Gasteiger partial charge in [0.25, 0.3) is 0 Å². The van der Waals surface area contributed by atoms with Crippen LogP contribution < -0.4 is 0 Å². The highest BCUT2D eigenvalue weighted by atomic mass is 16.5. The van der Waals surface area contributed by atoms with Gasteiger partial charge in [0.15, 0.2) is 0 Å². The normalized spacial score (nSPS) is 41.2. The Morgan fingerprint density at radius 2 is 1.72 bits per heavy atom. The molecule has 5 fully saturated rings. The van der Waals surface area contributed by atoms with Gasteiger partial charge in [-0.2, -0.15) is 0 Å². The minimum absolute atomic E-state index is 0.143. The number of nitrogens with zero attached hydrogens (tertiary/aromatic N) is 1. The van der Waals surface area contributed by atoms with Crippen molar-refractivity contribution in [2.75, 3.05) is 47.1 Å². The van der Waals surface area contributed by atoms with E-state index < -0.39 is 0 Å². The van der Waals surface area contributed by atoms with Crippen LogP contribution >= 0.6 is 0 Å². The molecule has 0 aromatic rings. The van der Waals surface area contributed by atoms with Crippen LogP contribution in [0.25, 0.3) is 0 Å². The van der Waals surface area contributed by atoms with E-state index in [9.17, 15) is 0 Å². The van der Waals surface area contributed by atoms with Crippen LogP contribution in [0.5, 0.6) is 0 Å². The fraction of sp³-hybridized carbons (Fsp3) is 0.742. The van der Waals surface area contributed by atoms with Crippen LogP contribution in [0.4, 0.5) is 0 Å². The van der Waals surface area contributed by atoms with Crippen molar-refractivity contribution in [2.24, 2.45) is 23.2 Å². The largest absolute Gasteiger partial charge is 0.500 e. The Labute approximate surface area is 215 Å². The zero-order chi connectivity index (χ0) is 24.1. The number of hydrogen-bond donors (Lipinski definition) is 0. The maximum absolute atomic E-state index is 6.96. The maximum atomic E-state index is 6.96. The van der Waals surface area contributed by atoms with Crippen molar-refractivity contribution in [1.82, 2.24) is 4.90 Å². The predicted molar refractivity (Wildman–Crippen MR) is 137 cm³/mol. The van der Waals surface area contributed by atoms with Crippen LogP contribution in [0.2, 0.25) is 0 Å². The highest BCUT2D eigenvalue weighted by Crippen LogP contribution is 2.80. The molecule has 5 heteroatoms. The number of ether oxygens (including phenoxy) is 4. The van der Waals surface area contributed by atoms with Gasteiger partial charge < -0.3 is 23.8 Å². The molecule has 3 saturated carbocycles. The topological polar surface area (TPSA) is 40.2 Å². The van der Waals surface area contributed by atoms with E-state index in [2.05, 4.69) is 4.90 Å². The van der Waals surface area contributed by atoms with Crippen molar-refractivity contribution in [3.8, 4) is 0 Å². The van der Waals surface area contributed by atoms with Gasteiger partial charge in [-0.15, -0.1) is 0 Å². The first kappa shape index (κ1) is 22.3. The standard InChI is InChI=1S/C31H41NO4/c1-33-29-20-9-4-3-8-19(20)26-27(29)31(34-2)24-11-5-6-12-30(24,26)22-18-23(32-13-16-35-17-14-32)28-21(25(22)31)10-7-15-36-28/h20-21,24H,3-18H2,1-2H3. The van der Waals surface area contributed by atoms with Crippen molar-refractivity contribution >= 4 is 0 Å². The summed E-state index contributed by atoms with van der Waals surface area (Å²) >= 11 is 0.